The van der Waals surface area contributed by atoms with E-state index in [2.05, 4.69) is 25.4 Å². The minimum atomic E-state index is -3.80. The zero-order chi connectivity index (χ0) is 25.3. The fourth-order valence-corrected chi connectivity index (χ4v) is 4.68. The summed E-state index contributed by atoms with van der Waals surface area (Å²) in [6.45, 7) is -0.0792. The number of likely N-dealkylation sites (N-methyl/N-ethyl adjacent to an activating group) is 1. The third-order valence-corrected chi connectivity index (χ3v) is 7.25. The van der Waals surface area contributed by atoms with Crippen molar-refractivity contribution >= 4 is 38.1 Å². The summed E-state index contributed by atoms with van der Waals surface area (Å²) in [7, 11) is -0.879. The standard InChI is InChI=1S/C21H24N6O6S2/c1-27(10-11-28)35(30,31)17-6-4-15(5-7-17)19(26-33-14-18-22-8-3-9-23-18)20(29)25-21-24-12-16(34-21)13-32-2/h3-9,12,28H,10-11,13-14H2,1-2H3,(H,24,25,29). The molecular weight excluding hydrogens is 496 g/mol. The van der Waals surface area contributed by atoms with E-state index >= 15 is 0 Å². The molecule has 2 N–H and O–H groups in total. The van der Waals surface area contributed by atoms with Crippen molar-refractivity contribution < 1.29 is 27.9 Å². The van der Waals surface area contributed by atoms with Gasteiger partial charge in [-0.15, -0.1) is 0 Å². The average molecular weight is 521 g/mol. The number of hydrogen-bond donors (Lipinski definition) is 2. The fourth-order valence-electron chi connectivity index (χ4n) is 2.74. The summed E-state index contributed by atoms with van der Waals surface area (Å²) in [5.74, 6) is -0.237. The van der Waals surface area contributed by atoms with E-state index in [1.165, 1.54) is 42.6 Å². The van der Waals surface area contributed by atoms with Gasteiger partial charge in [0.25, 0.3) is 5.91 Å². The van der Waals surface area contributed by atoms with E-state index in [0.29, 0.717) is 23.1 Å². The zero-order valence-electron chi connectivity index (χ0n) is 19.0. The Morgan fingerprint density at radius 1 is 1.17 bits per heavy atom. The Kier molecular flexibility index (Phi) is 9.33. The van der Waals surface area contributed by atoms with Gasteiger partial charge in [-0.25, -0.2) is 23.4 Å². The largest absolute Gasteiger partial charge is 0.395 e. The summed E-state index contributed by atoms with van der Waals surface area (Å²) < 4.78 is 31.3. The third kappa shape index (κ3) is 7.10. The van der Waals surface area contributed by atoms with E-state index in [-0.39, 0.29) is 30.4 Å². The van der Waals surface area contributed by atoms with Crippen LogP contribution in [0.15, 0.2) is 59.0 Å². The number of amides is 1. The molecule has 0 atom stereocenters. The molecule has 0 bridgehead atoms. The van der Waals surface area contributed by atoms with Crippen molar-refractivity contribution in [2.24, 2.45) is 5.16 Å². The number of benzene rings is 1. The van der Waals surface area contributed by atoms with Crippen LogP contribution >= 0.6 is 11.3 Å². The minimum Gasteiger partial charge on any atom is -0.395 e. The number of nitrogens with one attached hydrogen (secondary N) is 1. The number of anilines is 1. The second-order valence-electron chi connectivity index (χ2n) is 6.97. The van der Waals surface area contributed by atoms with Crippen LogP contribution in [0.1, 0.15) is 16.3 Å². The molecule has 3 aromatic rings. The SMILES string of the molecule is COCc1cnc(NC(=O)C(=NOCc2ncccn2)c2ccc(S(=O)(=O)N(C)CCO)cc2)s1. The number of oxime groups is 1. The normalized spacial score (nSPS) is 12.1. The van der Waals surface area contributed by atoms with E-state index in [1.807, 2.05) is 0 Å². The molecule has 0 saturated heterocycles. The van der Waals surface area contributed by atoms with Gasteiger partial charge in [-0.2, -0.15) is 4.31 Å². The third-order valence-electron chi connectivity index (χ3n) is 4.50. The molecule has 1 amide bonds. The van der Waals surface area contributed by atoms with Gasteiger partial charge in [-0.05, 0) is 18.2 Å². The van der Waals surface area contributed by atoms with Crippen molar-refractivity contribution in [2.45, 2.75) is 18.1 Å². The van der Waals surface area contributed by atoms with Crippen LogP contribution in [-0.2, 0) is 37.6 Å². The molecule has 2 aromatic heterocycles. The van der Waals surface area contributed by atoms with E-state index in [1.54, 1.807) is 31.8 Å². The molecule has 0 spiro atoms. The Bertz CT molecular complexity index is 1250. The number of thiazole rings is 1. The highest BCUT2D eigenvalue weighted by atomic mass is 32.2. The molecule has 0 aliphatic heterocycles. The van der Waals surface area contributed by atoms with Crippen LogP contribution in [0.2, 0.25) is 0 Å². The van der Waals surface area contributed by atoms with Crippen molar-refractivity contribution in [1.82, 2.24) is 19.3 Å². The van der Waals surface area contributed by atoms with Crippen molar-refractivity contribution in [3.63, 3.8) is 0 Å². The molecule has 14 heteroatoms. The van der Waals surface area contributed by atoms with Crippen LogP contribution in [0.25, 0.3) is 0 Å². The first-order chi connectivity index (χ1) is 16.8. The molecular formula is C21H24N6O6S2. The molecule has 3 rings (SSSR count). The van der Waals surface area contributed by atoms with Gasteiger partial charge in [0.2, 0.25) is 10.0 Å². The molecule has 12 nitrogen and oxygen atoms in total. The second-order valence-corrected chi connectivity index (χ2v) is 10.1. The van der Waals surface area contributed by atoms with E-state index < -0.39 is 15.9 Å². The predicted octanol–water partition coefficient (Wildman–Crippen LogP) is 1.25. The minimum absolute atomic E-state index is 0.000284. The Morgan fingerprint density at radius 2 is 1.89 bits per heavy atom. The summed E-state index contributed by atoms with van der Waals surface area (Å²) in [5, 5.41) is 16.0. The van der Waals surface area contributed by atoms with Gasteiger partial charge in [0.1, 0.15) is 0 Å². The van der Waals surface area contributed by atoms with Gasteiger partial charge in [0.15, 0.2) is 23.3 Å². The molecule has 0 aliphatic rings. The molecule has 1 aromatic carbocycles. The van der Waals surface area contributed by atoms with Crippen LogP contribution in [0, 0.1) is 0 Å². The first-order valence-corrected chi connectivity index (χ1v) is 12.5. The molecule has 0 unspecified atom stereocenters. The van der Waals surface area contributed by atoms with E-state index in [0.717, 1.165) is 9.18 Å². The highest BCUT2D eigenvalue weighted by molar-refractivity contribution is 7.89. The first kappa shape index (κ1) is 26.3. The highest BCUT2D eigenvalue weighted by Crippen LogP contribution is 2.20. The Morgan fingerprint density at radius 3 is 2.54 bits per heavy atom. The van der Waals surface area contributed by atoms with Gasteiger partial charge in [-0.3, -0.25) is 10.1 Å². The molecule has 186 valence electrons. The van der Waals surface area contributed by atoms with Gasteiger partial charge in [-0.1, -0.05) is 28.6 Å². The number of carbonyl (C=O) groups is 1. The Balaban J connectivity index is 1.85. The lowest BCUT2D eigenvalue weighted by Gasteiger charge is -2.16. The van der Waals surface area contributed by atoms with Crippen LogP contribution in [0.3, 0.4) is 0 Å². The summed E-state index contributed by atoms with van der Waals surface area (Å²) >= 11 is 1.24. The Labute approximate surface area is 206 Å². The zero-order valence-corrected chi connectivity index (χ0v) is 20.6. The summed E-state index contributed by atoms with van der Waals surface area (Å²) in [5.41, 5.74) is 0.214. The summed E-state index contributed by atoms with van der Waals surface area (Å²) in [6.07, 6.45) is 4.69. The number of aliphatic hydroxyl groups excluding tert-OH is 1. The quantitative estimate of drug-likeness (QED) is 0.265. The average Bonchev–Trinajstić information content (AvgIpc) is 3.29. The fraction of sp³-hybridized carbons (Fsp3) is 0.286. The number of rotatable bonds is 12. The number of hydrogen-bond acceptors (Lipinski definition) is 11. The maximum absolute atomic E-state index is 13.0. The maximum atomic E-state index is 13.0. The smallest absolute Gasteiger partial charge is 0.280 e. The topological polar surface area (TPSA) is 156 Å². The number of ether oxygens (including phenoxy) is 1. The number of carbonyl (C=O) groups excluding carboxylic acids is 1. The Hall–Kier alpha value is -3.30. The van der Waals surface area contributed by atoms with Crippen molar-refractivity contribution in [3.05, 3.63) is 65.2 Å². The van der Waals surface area contributed by atoms with Gasteiger partial charge in [0, 0.05) is 44.9 Å². The molecule has 0 saturated carbocycles. The number of methoxy groups -OCH3 is 1. The lowest BCUT2D eigenvalue weighted by atomic mass is 10.1. The van der Waals surface area contributed by atoms with Crippen LogP contribution < -0.4 is 5.32 Å². The lowest BCUT2D eigenvalue weighted by molar-refractivity contribution is -0.110. The second kappa shape index (κ2) is 12.4. The van der Waals surface area contributed by atoms with Crippen LogP contribution in [0.5, 0.6) is 0 Å². The van der Waals surface area contributed by atoms with Gasteiger partial charge in [0.05, 0.1) is 23.0 Å². The highest BCUT2D eigenvalue weighted by Gasteiger charge is 2.22. The molecule has 0 fully saturated rings. The van der Waals surface area contributed by atoms with Crippen LogP contribution in [0.4, 0.5) is 5.13 Å². The van der Waals surface area contributed by atoms with Crippen molar-refractivity contribution in [2.75, 3.05) is 32.6 Å². The first-order valence-electron chi connectivity index (χ1n) is 10.2. The monoisotopic (exact) mass is 520 g/mol. The summed E-state index contributed by atoms with van der Waals surface area (Å²) in [4.78, 5) is 31.4. The number of sulfonamides is 1. The van der Waals surface area contributed by atoms with Gasteiger partial charge < -0.3 is 14.7 Å². The predicted molar refractivity (Wildman–Crippen MR) is 128 cm³/mol. The molecule has 2 heterocycles. The number of aromatic nitrogens is 3. The van der Waals surface area contributed by atoms with E-state index in [4.69, 9.17) is 14.7 Å². The molecule has 0 radical (unpaired) electrons. The van der Waals surface area contributed by atoms with Gasteiger partial charge >= 0.3 is 0 Å². The van der Waals surface area contributed by atoms with Crippen molar-refractivity contribution in [3.8, 4) is 0 Å². The number of nitrogens with zero attached hydrogens (tertiary/aromatic N) is 5. The molecule has 0 aliphatic carbocycles. The molecule has 35 heavy (non-hydrogen) atoms. The maximum Gasteiger partial charge on any atom is 0.280 e. The van der Waals surface area contributed by atoms with Crippen LogP contribution in [-0.4, -0.2) is 71.7 Å². The summed E-state index contributed by atoms with van der Waals surface area (Å²) in [6, 6.07) is 7.24. The number of aliphatic hydroxyl groups is 1. The lowest BCUT2D eigenvalue weighted by Crippen LogP contribution is -2.29. The van der Waals surface area contributed by atoms with Crippen molar-refractivity contribution in [1.29, 1.82) is 0 Å². The van der Waals surface area contributed by atoms with E-state index in [9.17, 15) is 13.2 Å².